The molecule has 1 nitrogen and oxygen atoms in total. The van der Waals surface area contributed by atoms with Gasteiger partial charge in [0.25, 0.3) is 0 Å². The number of benzene rings is 3. The van der Waals surface area contributed by atoms with Crippen LogP contribution in [0.5, 0.6) is 0 Å². The van der Waals surface area contributed by atoms with Gasteiger partial charge in [0.1, 0.15) is 5.78 Å². The first kappa shape index (κ1) is 19.5. The van der Waals surface area contributed by atoms with E-state index in [1.807, 2.05) is 6.92 Å². The van der Waals surface area contributed by atoms with Crippen molar-refractivity contribution in [3.05, 3.63) is 90.5 Å². The van der Waals surface area contributed by atoms with E-state index in [4.69, 9.17) is 0 Å². The van der Waals surface area contributed by atoms with E-state index in [9.17, 15) is 4.79 Å². The summed E-state index contributed by atoms with van der Waals surface area (Å²) in [5, 5.41) is 4.20. The van der Waals surface area contributed by atoms with Crippen LogP contribution in [-0.4, -0.2) is 5.78 Å². The summed E-state index contributed by atoms with van der Waals surface area (Å²) < 4.78 is 0. The van der Waals surface area contributed by atoms with Gasteiger partial charge in [-0.2, -0.15) is 0 Å². The van der Waals surface area contributed by atoms with Crippen molar-refractivity contribution in [2.75, 3.05) is 0 Å². The van der Waals surface area contributed by atoms with Crippen molar-refractivity contribution < 1.29 is 4.79 Å². The van der Waals surface area contributed by atoms with Crippen LogP contribution in [0.15, 0.2) is 84.9 Å². The van der Waals surface area contributed by atoms with Crippen LogP contribution in [0.25, 0.3) is 0 Å². The zero-order chi connectivity index (χ0) is 18.9. The van der Waals surface area contributed by atoms with E-state index in [0.29, 0.717) is 18.6 Å². The van der Waals surface area contributed by atoms with E-state index in [-0.39, 0.29) is 0 Å². The minimum absolute atomic E-state index is 0.374. The Kier molecular flexibility index (Phi) is 7.36. The molecule has 3 aromatic carbocycles. The van der Waals surface area contributed by atoms with Crippen molar-refractivity contribution in [2.24, 2.45) is 0 Å². The molecule has 0 aliphatic heterocycles. The highest BCUT2D eigenvalue weighted by Crippen LogP contribution is 2.34. The van der Waals surface area contributed by atoms with Crippen molar-refractivity contribution in [1.29, 1.82) is 0 Å². The SMILES string of the molecule is CCC(=O)CCCCc1ccccc1P(c1ccccc1)c1ccccc1. The highest BCUT2D eigenvalue weighted by Gasteiger charge is 2.18. The summed E-state index contributed by atoms with van der Waals surface area (Å²) in [5.41, 5.74) is 1.42. The van der Waals surface area contributed by atoms with Crippen LogP contribution in [0.4, 0.5) is 0 Å². The maximum absolute atomic E-state index is 11.6. The molecule has 0 saturated carbocycles. The van der Waals surface area contributed by atoms with Crippen molar-refractivity contribution in [2.45, 2.75) is 39.0 Å². The second-order valence-electron chi connectivity index (χ2n) is 6.73. The number of carbonyl (C=O) groups is 1. The smallest absolute Gasteiger partial charge is 0.132 e. The van der Waals surface area contributed by atoms with E-state index in [1.165, 1.54) is 21.5 Å². The van der Waals surface area contributed by atoms with Gasteiger partial charge in [-0.1, -0.05) is 91.9 Å². The largest absolute Gasteiger partial charge is 0.300 e. The number of aryl methyl sites for hydroxylation is 1. The predicted octanol–water partition coefficient (Wildman–Crippen LogP) is 5.14. The van der Waals surface area contributed by atoms with Crippen molar-refractivity contribution in [1.82, 2.24) is 0 Å². The molecule has 0 unspecified atom stereocenters. The molecule has 0 heterocycles. The van der Waals surface area contributed by atoms with Gasteiger partial charge in [0, 0.05) is 12.8 Å². The lowest BCUT2D eigenvalue weighted by atomic mass is 10.1. The third-order valence-corrected chi connectivity index (χ3v) is 7.35. The summed E-state index contributed by atoms with van der Waals surface area (Å²) in [5.74, 6) is 0.374. The summed E-state index contributed by atoms with van der Waals surface area (Å²) in [6.45, 7) is 1.95. The van der Waals surface area contributed by atoms with Gasteiger partial charge in [-0.25, -0.2) is 0 Å². The Hall–Kier alpha value is -2.24. The van der Waals surface area contributed by atoms with Crippen LogP contribution in [0, 0.1) is 0 Å². The highest BCUT2D eigenvalue weighted by atomic mass is 31.1. The molecule has 0 aliphatic rings. The fourth-order valence-electron chi connectivity index (χ4n) is 3.34. The van der Waals surface area contributed by atoms with Crippen LogP contribution in [0.3, 0.4) is 0 Å². The van der Waals surface area contributed by atoms with Gasteiger partial charge in [0.2, 0.25) is 0 Å². The van der Waals surface area contributed by atoms with Crippen LogP contribution < -0.4 is 15.9 Å². The van der Waals surface area contributed by atoms with E-state index >= 15 is 0 Å². The van der Waals surface area contributed by atoms with Crippen LogP contribution in [-0.2, 0) is 11.2 Å². The Balaban J connectivity index is 1.88. The molecule has 0 bridgehead atoms. The molecule has 0 radical (unpaired) electrons. The first-order valence-electron chi connectivity index (χ1n) is 9.79. The third kappa shape index (κ3) is 5.37. The Morgan fingerprint density at radius 1 is 0.741 bits per heavy atom. The molecule has 0 fully saturated rings. The molecule has 0 spiro atoms. The van der Waals surface area contributed by atoms with E-state index in [1.54, 1.807) is 0 Å². The Morgan fingerprint density at radius 2 is 1.30 bits per heavy atom. The second kappa shape index (κ2) is 10.2. The van der Waals surface area contributed by atoms with Gasteiger partial charge >= 0.3 is 0 Å². The van der Waals surface area contributed by atoms with Gasteiger partial charge in [0.05, 0.1) is 0 Å². The first-order chi connectivity index (χ1) is 13.3. The highest BCUT2D eigenvalue weighted by molar-refractivity contribution is 7.79. The number of Topliss-reactive ketones (excluding diaryl/α,β-unsaturated/α-hetero) is 1. The summed E-state index contributed by atoms with van der Waals surface area (Å²) in [4.78, 5) is 11.6. The van der Waals surface area contributed by atoms with E-state index < -0.39 is 7.92 Å². The molecule has 3 aromatic rings. The molecule has 0 saturated heterocycles. The molecule has 0 N–H and O–H groups in total. The predicted molar refractivity (Wildman–Crippen MR) is 118 cm³/mol. The quantitative estimate of drug-likeness (QED) is 0.375. The minimum atomic E-state index is -0.570. The molecule has 0 aliphatic carbocycles. The summed E-state index contributed by atoms with van der Waals surface area (Å²) in [6.07, 6.45) is 4.45. The lowest BCUT2D eigenvalue weighted by Gasteiger charge is -2.22. The van der Waals surface area contributed by atoms with Crippen LogP contribution in [0.1, 0.15) is 38.2 Å². The molecule has 0 atom stereocenters. The fraction of sp³-hybridized carbons (Fsp3) is 0.240. The molecule has 0 aromatic heterocycles. The maximum atomic E-state index is 11.6. The van der Waals surface area contributed by atoms with Crippen molar-refractivity contribution in [3.63, 3.8) is 0 Å². The van der Waals surface area contributed by atoms with E-state index in [0.717, 1.165) is 19.3 Å². The van der Waals surface area contributed by atoms with Crippen LogP contribution in [0.2, 0.25) is 0 Å². The average molecular weight is 374 g/mol. The Morgan fingerprint density at radius 3 is 1.89 bits per heavy atom. The molecule has 138 valence electrons. The topological polar surface area (TPSA) is 17.1 Å². The molecule has 3 rings (SSSR count). The monoisotopic (exact) mass is 374 g/mol. The molecule has 27 heavy (non-hydrogen) atoms. The zero-order valence-corrected chi connectivity index (χ0v) is 16.9. The van der Waals surface area contributed by atoms with Gasteiger partial charge in [-0.05, 0) is 48.7 Å². The second-order valence-corrected chi connectivity index (χ2v) is 8.92. The lowest BCUT2D eigenvalue weighted by molar-refractivity contribution is -0.118. The Labute approximate surface area is 164 Å². The fourth-order valence-corrected chi connectivity index (χ4v) is 5.84. The Bertz CT molecular complexity index is 803. The number of unbranched alkanes of at least 4 members (excludes halogenated alkanes) is 1. The van der Waals surface area contributed by atoms with Gasteiger partial charge in [-0.3, -0.25) is 4.79 Å². The number of hydrogen-bond acceptors (Lipinski definition) is 1. The van der Waals surface area contributed by atoms with Gasteiger partial charge < -0.3 is 0 Å². The van der Waals surface area contributed by atoms with Crippen molar-refractivity contribution >= 4 is 29.6 Å². The normalized spacial score (nSPS) is 10.9. The lowest BCUT2D eigenvalue weighted by Crippen LogP contribution is -2.23. The zero-order valence-electron chi connectivity index (χ0n) is 16.0. The van der Waals surface area contributed by atoms with Gasteiger partial charge in [-0.15, -0.1) is 0 Å². The average Bonchev–Trinajstić information content (AvgIpc) is 2.74. The maximum Gasteiger partial charge on any atom is 0.132 e. The molecular formula is C25H27OP. The summed E-state index contributed by atoms with van der Waals surface area (Å²) in [6, 6.07) is 30.5. The van der Waals surface area contributed by atoms with Crippen molar-refractivity contribution in [3.8, 4) is 0 Å². The summed E-state index contributed by atoms with van der Waals surface area (Å²) >= 11 is 0. The summed E-state index contributed by atoms with van der Waals surface area (Å²) in [7, 11) is -0.570. The van der Waals surface area contributed by atoms with Gasteiger partial charge in [0.15, 0.2) is 0 Å². The standard InChI is InChI=1S/C25H27OP/c1-2-22(26)15-11-9-13-21-14-10-12-20-25(21)27(23-16-5-3-6-17-23)24-18-7-4-8-19-24/h3-8,10,12,14,16-20H,2,9,11,13,15H2,1H3. The minimum Gasteiger partial charge on any atom is -0.300 e. The van der Waals surface area contributed by atoms with Crippen LogP contribution >= 0.6 is 7.92 Å². The molecule has 0 amide bonds. The number of hydrogen-bond donors (Lipinski definition) is 0. The third-order valence-electron chi connectivity index (χ3n) is 4.81. The number of rotatable bonds is 9. The van der Waals surface area contributed by atoms with E-state index in [2.05, 4.69) is 84.9 Å². The molecular weight excluding hydrogens is 347 g/mol. The first-order valence-corrected chi connectivity index (χ1v) is 11.1. The molecule has 2 heteroatoms. The number of ketones is 1. The number of carbonyl (C=O) groups excluding carboxylic acids is 1.